The summed E-state index contributed by atoms with van der Waals surface area (Å²) in [6, 6.07) is 20.4. The van der Waals surface area contributed by atoms with Crippen LogP contribution in [0.25, 0.3) is 34.2 Å². The number of phenols is 2. The number of esters is 1. The van der Waals surface area contributed by atoms with Crippen molar-refractivity contribution < 1.29 is 19.7 Å². The largest absolute Gasteiger partial charge is 0.507 e. The molecule has 210 valence electrons. The van der Waals surface area contributed by atoms with Gasteiger partial charge in [0, 0.05) is 5.56 Å². The molecule has 3 aromatic carbocycles. The van der Waals surface area contributed by atoms with Gasteiger partial charge in [0.1, 0.15) is 11.5 Å². The monoisotopic (exact) mass is 541 g/mol. The van der Waals surface area contributed by atoms with E-state index in [1.165, 1.54) is 12.8 Å². The second kappa shape index (κ2) is 15.4. The Hall–Kier alpha value is -4.26. The highest BCUT2D eigenvalue weighted by Gasteiger charge is 2.17. The molecule has 0 aliphatic carbocycles. The lowest BCUT2D eigenvalue weighted by Crippen LogP contribution is -2.07. The number of carbonyl (C=O) groups is 1. The first-order valence-corrected chi connectivity index (χ1v) is 14.0. The Morgan fingerprint density at radius 1 is 0.725 bits per heavy atom. The van der Waals surface area contributed by atoms with Crippen molar-refractivity contribution in [3.05, 3.63) is 78.4 Å². The summed E-state index contributed by atoms with van der Waals surface area (Å²) in [5.74, 6) is 1.16. The van der Waals surface area contributed by atoms with Crippen molar-refractivity contribution in [2.45, 2.75) is 59.8 Å². The maximum absolute atomic E-state index is 12.7. The fourth-order valence-corrected chi connectivity index (χ4v) is 4.11. The summed E-state index contributed by atoms with van der Waals surface area (Å²) in [5, 5.41) is 20.8. The molecule has 0 amide bonds. The van der Waals surface area contributed by atoms with E-state index in [1.807, 2.05) is 13.8 Å². The van der Waals surface area contributed by atoms with Crippen molar-refractivity contribution in [1.82, 2.24) is 15.0 Å². The van der Waals surface area contributed by atoms with Crippen LogP contribution in [0, 0.1) is 5.92 Å². The third kappa shape index (κ3) is 8.37. The van der Waals surface area contributed by atoms with Crippen LogP contribution in [0.4, 0.5) is 0 Å². The lowest BCUT2D eigenvalue weighted by molar-refractivity contribution is 0.0497. The molecule has 0 saturated carbocycles. The van der Waals surface area contributed by atoms with Crippen LogP contribution in [0.5, 0.6) is 11.5 Å². The molecule has 4 rings (SSSR count). The van der Waals surface area contributed by atoms with Gasteiger partial charge in [-0.3, -0.25) is 0 Å². The number of phenolic OH excluding ortho intramolecular Hbond substituents is 2. The molecule has 0 atom stereocenters. The fourth-order valence-electron chi connectivity index (χ4n) is 4.11. The molecule has 4 aromatic rings. The van der Waals surface area contributed by atoms with Gasteiger partial charge >= 0.3 is 5.97 Å². The zero-order valence-electron chi connectivity index (χ0n) is 23.8. The summed E-state index contributed by atoms with van der Waals surface area (Å²) in [7, 11) is 0. The van der Waals surface area contributed by atoms with E-state index in [1.54, 1.807) is 72.8 Å². The number of rotatable bonds is 11. The molecule has 7 nitrogen and oxygen atoms in total. The highest BCUT2D eigenvalue weighted by atomic mass is 16.5. The minimum Gasteiger partial charge on any atom is -0.507 e. The molecule has 0 saturated heterocycles. The van der Waals surface area contributed by atoms with Gasteiger partial charge in [-0.25, -0.2) is 19.7 Å². The molecule has 0 aliphatic heterocycles. The Bertz CT molecular complexity index is 1320. The molecule has 0 aliphatic rings. The van der Waals surface area contributed by atoms with Gasteiger partial charge in [-0.2, -0.15) is 0 Å². The van der Waals surface area contributed by atoms with Gasteiger partial charge in [0.25, 0.3) is 0 Å². The summed E-state index contributed by atoms with van der Waals surface area (Å²) in [6.45, 7) is 8.84. The van der Waals surface area contributed by atoms with Gasteiger partial charge in [-0.05, 0) is 48.7 Å². The van der Waals surface area contributed by atoms with Crippen molar-refractivity contribution in [3.8, 4) is 45.7 Å². The van der Waals surface area contributed by atoms with E-state index in [0.717, 1.165) is 19.3 Å². The number of para-hydroxylation sites is 2. The van der Waals surface area contributed by atoms with E-state index >= 15 is 0 Å². The Labute approximate surface area is 237 Å². The van der Waals surface area contributed by atoms with Gasteiger partial charge in [0.05, 0.1) is 23.3 Å². The van der Waals surface area contributed by atoms with Crippen LogP contribution in [0.3, 0.4) is 0 Å². The Morgan fingerprint density at radius 3 is 1.85 bits per heavy atom. The molecule has 0 unspecified atom stereocenters. The van der Waals surface area contributed by atoms with Crippen molar-refractivity contribution in [3.63, 3.8) is 0 Å². The average molecular weight is 542 g/mol. The quantitative estimate of drug-likeness (QED) is 0.146. The topological polar surface area (TPSA) is 105 Å². The SMILES string of the molecule is CC.CC(C)CCCCCCOC(=O)c1cccc(-c2nc(-c3ccccc3O)nc(-c3ccccc3O)n2)c1. The molecule has 0 radical (unpaired) electrons. The van der Waals surface area contributed by atoms with Gasteiger partial charge in [-0.1, -0.05) is 89.8 Å². The van der Waals surface area contributed by atoms with Gasteiger partial charge in [0.2, 0.25) is 0 Å². The summed E-state index contributed by atoms with van der Waals surface area (Å²) < 4.78 is 5.51. The number of nitrogens with zero attached hydrogens (tertiary/aromatic N) is 3. The molecule has 7 heteroatoms. The third-order valence-corrected chi connectivity index (χ3v) is 6.19. The first kappa shape index (κ1) is 30.3. The predicted molar refractivity (Wildman–Crippen MR) is 159 cm³/mol. The van der Waals surface area contributed by atoms with Crippen LogP contribution in [0.1, 0.15) is 70.2 Å². The van der Waals surface area contributed by atoms with Crippen molar-refractivity contribution in [2.24, 2.45) is 5.92 Å². The zero-order valence-corrected chi connectivity index (χ0v) is 23.8. The summed E-state index contributed by atoms with van der Waals surface area (Å²) in [4.78, 5) is 26.4. The highest BCUT2D eigenvalue weighted by Crippen LogP contribution is 2.32. The van der Waals surface area contributed by atoms with Crippen LogP contribution in [-0.2, 0) is 4.74 Å². The Morgan fingerprint density at radius 2 is 1.27 bits per heavy atom. The molecule has 1 heterocycles. The fraction of sp³-hybridized carbons (Fsp3) is 0.333. The minimum atomic E-state index is -0.398. The second-order valence-electron chi connectivity index (χ2n) is 9.65. The van der Waals surface area contributed by atoms with Crippen molar-refractivity contribution in [2.75, 3.05) is 6.61 Å². The Balaban J connectivity index is 0.00000216. The van der Waals surface area contributed by atoms with Gasteiger partial charge < -0.3 is 14.9 Å². The van der Waals surface area contributed by atoms with E-state index in [4.69, 9.17) is 4.74 Å². The number of hydrogen-bond acceptors (Lipinski definition) is 7. The second-order valence-corrected chi connectivity index (χ2v) is 9.65. The number of aromatic nitrogens is 3. The Kier molecular flexibility index (Phi) is 11.6. The first-order chi connectivity index (χ1) is 19.4. The number of carbonyl (C=O) groups excluding carboxylic acids is 1. The smallest absolute Gasteiger partial charge is 0.338 e. The van der Waals surface area contributed by atoms with Crippen LogP contribution >= 0.6 is 0 Å². The number of benzene rings is 3. The van der Waals surface area contributed by atoms with Crippen LogP contribution in [0.2, 0.25) is 0 Å². The standard InChI is InChI=1S/C31H33N3O4.C2H6/c1-21(2)12-5-3-4-10-19-38-31(37)23-14-11-13-22(20-23)28-32-29(24-15-6-8-17-26(24)35)34-30(33-28)25-16-7-9-18-27(25)36;1-2/h6-9,11,13-18,20-21,35-36H,3-5,10,12,19H2,1-2H3;1-2H3. The zero-order chi connectivity index (χ0) is 28.9. The highest BCUT2D eigenvalue weighted by molar-refractivity contribution is 5.90. The first-order valence-electron chi connectivity index (χ1n) is 14.0. The van der Waals surface area contributed by atoms with Crippen LogP contribution in [0.15, 0.2) is 72.8 Å². The molecule has 2 N–H and O–H groups in total. The maximum Gasteiger partial charge on any atom is 0.338 e. The number of hydrogen-bond donors (Lipinski definition) is 2. The average Bonchev–Trinajstić information content (AvgIpc) is 2.98. The van der Waals surface area contributed by atoms with E-state index in [2.05, 4.69) is 28.8 Å². The summed E-state index contributed by atoms with van der Waals surface area (Å²) in [6.07, 6.45) is 5.44. The molecule has 40 heavy (non-hydrogen) atoms. The minimum absolute atomic E-state index is 0.0226. The molecule has 0 fully saturated rings. The molecule has 0 bridgehead atoms. The lowest BCUT2D eigenvalue weighted by Gasteiger charge is -2.11. The molecular formula is C33H39N3O4. The van der Waals surface area contributed by atoms with Gasteiger partial charge in [-0.15, -0.1) is 0 Å². The van der Waals surface area contributed by atoms with Crippen LogP contribution < -0.4 is 0 Å². The van der Waals surface area contributed by atoms with Crippen molar-refractivity contribution >= 4 is 5.97 Å². The summed E-state index contributed by atoms with van der Waals surface area (Å²) in [5.41, 5.74) is 1.84. The van der Waals surface area contributed by atoms with E-state index in [-0.39, 0.29) is 23.1 Å². The normalized spacial score (nSPS) is 10.6. The van der Waals surface area contributed by atoms with E-state index in [0.29, 0.717) is 40.6 Å². The molecule has 1 aromatic heterocycles. The van der Waals surface area contributed by atoms with Crippen molar-refractivity contribution in [1.29, 1.82) is 0 Å². The molecule has 0 spiro atoms. The van der Waals surface area contributed by atoms with Gasteiger partial charge in [0.15, 0.2) is 17.5 Å². The third-order valence-electron chi connectivity index (χ3n) is 6.19. The number of aromatic hydroxyl groups is 2. The molecular weight excluding hydrogens is 502 g/mol. The van der Waals surface area contributed by atoms with E-state index < -0.39 is 5.97 Å². The predicted octanol–water partition coefficient (Wildman–Crippen LogP) is 8.07. The lowest BCUT2D eigenvalue weighted by atomic mass is 10.0. The summed E-state index contributed by atoms with van der Waals surface area (Å²) >= 11 is 0. The maximum atomic E-state index is 12.7. The van der Waals surface area contributed by atoms with E-state index in [9.17, 15) is 15.0 Å². The number of unbranched alkanes of at least 4 members (excludes halogenated alkanes) is 3. The van der Waals surface area contributed by atoms with Crippen LogP contribution in [-0.4, -0.2) is 37.7 Å². The number of ether oxygens (including phenoxy) is 1.